The molecular weight excluding hydrogens is 763 g/mol. The van der Waals surface area contributed by atoms with Crippen LogP contribution < -0.4 is 28.4 Å². The quantitative estimate of drug-likeness (QED) is 0.128. The third kappa shape index (κ3) is 5.98. The van der Waals surface area contributed by atoms with Crippen molar-refractivity contribution in [3.8, 4) is 34.5 Å². The molecule has 60 heavy (non-hydrogen) atoms. The molecule has 0 radical (unpaired) electrons. The lowest BCUT2D eigenvalue weighted by Gasteiger charge is -2.39. The Morgan fingerprint density at radius 1 is 0.350 bits per heavy atom. The van der Waals surface area contributed by atoms with Gasteiger partial charge in [0.2, 0.25) is 0 Å². The summed E-state index contributed by atoms with van der Waals surface area (Å²) in [6.07, 6.45) is 11.7. The molecule has 0 bridgehead atoms. The van der Waals surface area contributed by atoms with E-state index in [0.717, 1.165) is 32.3 Å². The minimum Gasteiger partial charge on any atom is -0.448 e. The second-order valence-corrected chi connectivity index (χ2v) is 19.3. The van der Waals surface area contributed by atoms with Gasteiger partial charge in [-0.15, -0.1) is 0 Å². The number of aryl methyl sites for hydroxylation is 3. The van der Waals surface area contributed by atoms with Crippen LogP contribution in [0.3, 0.4) is 0 Å². The van der Waals surface area contributed by atoms with Gasteiger partial charge in [0.1, 0.15) is 0 Å². The number of nitrogens with zero attached hydrogens (tertiary/aromatic N) is 9. The van der Waals surface area contributed by atoms with Crippen molar-refractivity contribution in [3.05, 3.63) is 73.6 Å². The van der Waals surface area contributed by atoms with Crippen LogP contribution in [0.1, 0.15) is 81.6 Å². The zero-order chi connectivity index (χ0) is 41.9. The van der Waals surface area contributed by atoms with Gasteiger partial charge in [-0.3, -0.25) is 0 Å². The molecule has 312 valence electrons. The maximum absolute atomic E-state index is 6.94. The maximum atomic E-state index is 6.94. The van der Waals surface area contributed by atoms with Crippen LogP contribution in [0, 0.1) is 16.2 Å². The van der Waals surface area contributed by atoms with Gasteiger partial charge in [-0.05, 0) is 68.7 Å². The van der Waals surface area contributed by atoms with Crippen molar-refractivity contribution in [2.75, 3.05) is 0 Å². The van der Waals surface area contributed by atoms with E-state index in [9.17, 15) is 0 Å². The number of fused-ring (bicyclic) bond motifs is 9. The highest BCUT2D eigenvalue weighted by atomic mass is 16.7. The Bertz CT molecular complexity index is 2310. The molecule has 0 saturated carbocycles. The third-order valence-electron chi connectivity index (χ3n) is 12.5. The van der Waals surface area contributed by atoms with Gasteiger partial charge in [-0.25, -0.2) is 0 Å². The molecule has 3 aromatic heterocycles. The Morgan fingerprint density at radius 3 is 0.700 bits per heavy atom. The van der Waals surface area contributed by atoms with E-state index in [1.165, 1.54) is 0 Å². The first-order valence-electron chi connectivity index (χ1n) is 20.7. The van der Waals surface area contributed by atoms with Crippen LogP contribution in [0.15, 0.2) is 73.6 Å². The molecule has 4 aromatic carbocycles. The molecule has 3 aliphatic rings. The van der Waals surface area contributed by atoms with Crippen molar-refractivity contribution in [2.45, 2.75) is 119 Å². The zero-order valence-corrected chi connectivity index (χ0v) is 35.6. The molecule has 0 aliphatic carbocycles. The lowest BCUT2D eigenvalue weighted by atomic mass is 9.83. The summed E-state index contributed by atoms with van der Waals surface area (Å²) in [7, 11) is 0. The van der Waals surface area contributed by atoms with Crippen LogP contribution in [-0.2, 0) is 19.6 Å². The average molecular weight is 814 g/mol. The smallest absolute Gasteiger partial charge is 0.258 e. The Labute approximate surface area is 347 Å². The minimum atomic E-state index is -0.978. The van der Waals surface area contributed by atoms with E-state index in [1.807, 2.05) is 0 Å². The molecule has 0 N–H and O–H groups in total. The molecule has 7 aromatic rings. The first-order valence-corrected chi connectivity index (χ1v) is 20.7. The maximum Gasteiger partial charge on any atom is 0.258 e. The van der Waals surface area contributed by atoms with Crippen molar-refractivity contribution in [2.24, 2.45) is 16.2 Å². The van der Waals surface area contributed by atoms with Crippen molar-refractivity contribution in [1.29, 1.82) is 0 Å². The first kappa shape index (κ1) is 38.1. The van der Waals surface area contributed by atoms with E-state index < -0.39 is 33.6 Å². The number of ether oxygens (including phenoxy) is 6. The van der Waals surface area contributed by atoms with Gasteiger partial charge in [0.15, 0.2) is 34.5 Å². The van der Waals surface area contributed by atoms with Crippen molar-refractivity contribution in [1.82, 2.24) is 45.0 Å². The first-order chi connectivity index (χ1) is 28.5. The summed E-state index contributed by atoms with van der Waals surface area (Å²) in [4.78, 5) is 5.00. The van der Waals surface area contributed by atoms with Gasteiger partial charge < -0.3 is 28.4 Å². The van der Waals surface area contributed by atoms with Gasteiger partial charge in [-0.1, -0.05) is 62.3 Å². The highest BCUT2D eigenvalue weighted by molar-refractivity contribution is 6.27. The Hall–Kier alpha value is -6.12. The fourth-order valence-electron chi connectivity index (χ4n) is 8.79. The topological polar surface area (TPSA) is 148 Å². The van der Waals surface area contributed by atoms with Crippen molar-refractivity contribution in [3.63, 3.8) is 0 Å². The Kier molecular flexibility index (Phi) is 8.22. The lowest BCUT2D eigenvalue weighted by molar-refractivity contribution is -0.166. The van der Waals surface area contributed by atoms with E-state index in [4.69, 9.17) is 28.4 Å². The van der Waals surface area contributed by atoms with Crippen LogP contribution in [0.4, 0.5) is 0 Å². The van der Waals surface area contributed by atoms with Crippen LogP contribution in [0.25, 0.3) is 32.3 Å². The summed E-state index contributed by atoms with van der Waals surface area (Å²) in [5.74, 6) is 1.06. The fraction of sp³-hybridized carbons (Fsp3) is 0.467. The van der Waals surface area contributed by atoms with Crippen molar-refractivity contribution < 1.29 is 28.4 Å². The molecule has 15 nitrogen and oxygen atoms in total. The minimum absolute atomic E-state index is 0.405. The van der Waals surface area contributed by atoms with E-state index >= 15 is 0 Å². The van der Waals surface area contributed by atoms with Crippen LogP contribution >= 0.6 is 0 Å². The van der Waals surface area contributed by atoms with Crippen LogP contribution in [0.2, 0.25) is 0 Å². The van der Waals surface area contributed by atoms with Gasteiger partial charge in [0.05, 0.1) is 56.8 Å². The molecule has 3 aliphatic heterocycles. The third-order valence-corrected chi connectivity index (χ3v) is 12.5. The summed E-state index contributed by atoms with van der Waals surface area (Å²) in [6.45, 7) is 20.8. The van der Waals surface area contributed by atoms with Gasteiger partial charge in [-0.2, -0.15) is 45.0 Å². The van der Waals surface area contributed by atoms with E-state index in [0.29, 0.717) is 73.4 Å². The molecule has 0 fully saturated rings. The number of hydrogen-bond acceptors (Lipinski definition) is 12. The second kappa shape index (κ2) is 12.9. The second-order valence-electron chi connectivity index (χ2n) is 19.3. The molecule has 0 spiro atoms. The molecular formula is C45H51N9O6. The summed E-state index contributed by atoms with van der Waals surface area (Å²) in [5, 5.41) is 31.9. The molecule has 0 atom stereocenters. The van der Waals surface area contributed by atoms with E-state index in [2.05, 4.69) is 129 Å². The van der Waals surface area contributed by atoms with Gasteiger partial charge in [0, 0.05) is 35.5 Å². The summed E-state index contributed by atoms with van der Waals surface area (Å²) in [6, 6.07) is 12.6. The molecule has 0 amide bonds. The predicted molar refractivity (Wildman–Crippen MR) is 223 cm³/mol. The zero-order valence-electron chi connectivity index (χ0n) is 35.6. The molecule has 10 rings (SSSR count). The number of aromatic nitrogens is 9. The number of hydrogen-bond donors (Lipinski definition) is 0. The molecule has 6 heterocycles. The van der Waals surface area contributed by atoms with Crippen molar-refractivity contribution >= 4 is 32.3 Å². The summed E-state index contributed by atoms with van der Waals surface area (Å²) < 4.78 is 41.7. The molecule has 0 unspecified atom stereocenters. The predicted octanol–water partition coefficient (Wildman–Crippen LogP) is 8.73. The van der Waals surface area contributed by atoms with Crippen LogP contribution in [-0.4, -0.2) is 62.3 Å². The Morgan fingerprint density at radius 2 is 0.533 bits per heavy atom. The largest absolute Gasteiger partial charge is 0.448 e. The fourth-order valence-corrected chi connectivity index (χ4v) is 8.79. The average Bonchev–Trinajstić information content (AvgIpc) is 4.04. The van der Waals surface area contributed by atoms with Crippen LogP contribution in [0.5, 0.6) is 34.5 Å². The van der Waals surface area contributed by atoms with E-state index in [1.54, 1.807) is 51.6 Å². The Balaban J connectivity index is 1.14. The summed E-state index contributed by atoms with van der Waals surface area (Å²) in [5.41, 5.74) is -1.22. The monoisotopic (exact) mass is 813 g/mol. The standard InChI is InChI=1S/C45H51N9O6/c1-40(2,3)43(10-19-52-46-13-14-47-52)55-34-22-28-29(23-35(34)56-43)31-25-37-39(60-45(58-37,42(7,8)9)12-21-54-50-17-18-51-54)27-33(31)32-26-38-36(24-30(28)32)57-44(59-38,41(4,5)6)11-20-53-48-15-16-49-53/h13-18,22-27H,10-12,19-21H2,1-9H3. The number of benzene rings is 4. The molecule has 0 saturated heterocycles. The highest BCUT2D eigenvalue weighted by Gasteiger charge is 2.54. The summed E-state index contributed by atoms with van der Waals surface area (Å²) >= 11 is 0. The number of rotatable bonds is 9. The normalized spacial score (nSPS) is 22.1. The SMILES string of the molecule is CC(C)(C)C1(CCn2nccn2)Oc2cc3c4cc5c(cc4c4cc6c(cc4c3cc2O1)OC(CCn1nccn1)(C(C)(C)C)O6)OC(CCn1nccn1)(C(C)(C)C)O5. The van der Waals surface area contributed by atoms with Gasteiger partial charge >= 0.3 is 0 Å². The molecule has 15 heteroatoms. The highest BCUT2D eigenvalue weighted by Crippen LogP contribution is 2.57. The van der Waals surface area contributed by atoms with Gasteiger partial charge in [0.25, 0.3) is 17.4 Å². The van der Waals surface area contributed by atoms with E-state index in [-0.39, 0.29) is 0 Å². The lowest BCUT2D eigenvalue weighted by Crippen LogP contribution is -2.51.